The van der Waals surface area contributed by atoms with Crippen molar-refractivity contribution in [2.45, 2.75) is 19.6 Å². The van der Waals surface area contributed by atoms with Crippen molar-refractivity contribution in [1.82, 2.24) is 4.57 Å². The number of nitrogens with zero attached hydrogens (tertiary/aromatic N) is 1. The molecule has 0 spiro atoms. The molecule has 1 aromatic rings. The van der Waals surface area contributed by atoms with Gasteiger partial charge in [-0.05, 0) is 13.0 Å². The molecule has 0 aliphatic carbocycles. The zero-order valence-corrected chi connectivity index (χ0v) is 8.64. The quantitative estimate of drug-likeness (QED) is 0.791. The highest BCUT2D eigenvalue weighted by molar-refractivity contribution is 5.87. The Labute approximate surface area is 86.9 Å². The van der Waals surface area contributed by atoms with Gasteiger partial charge in [0.15, 0.2) is 0 Å². The van der Waals surface area contributed by atoms with Crippen LogP contribution in [0.15, 0.2) is 23.1 Å². The Balaban J connectivity index is 3.00. The average molecular weight is 211 g/mol. The molecule has 1 aromatic heterocycles. The van der Waals surface area contributed by atoms with Gasteiger partial charge in [0.05, 0.1) is 18.2 Å². The van der Waals surface area contributed by atoms with Crippen LogP contribution in [0.3, 0.4) is 0 Å². The second-order valence-corrected chi connectivity index (χ2v) is 3.26. The number of hydrogen-bond acceptors (Lipinski definition) is 3. The molecule has 15 heavy (non-hydrogen) atoms. The highest BCUT2D eigenvalue weighted by atomic mass is 16.5. The molecule has 0 fully saturated rings. The number of methoxy groups -OCH3 is 1. The summed E-state index contributed by atoms with van der Waals surface area (Å²) in [6, 6.07) is 2.53. The Morgan fingerprint density at radius 1 is 1.60 bits per heavy atom. The topological polar surface area (TPSA) is 68.5 Å². The summed E-state index contributed by atoms with van der Waals surface area (Å²) >= 11 is 0. The van der Waals surface area contributed by atoms with E-state index in [1.807, 2.05) is 0 Å². The smallest absolute Gasteiger partial charge is 0.337 e. The lowest BCUT2D eigenvalue weighted by Gasteiger charge is -2.11. The number of carboxylic acids is 1. The molecule has 1 atom stereocenters. The molecule has 0 saturated heterocycles. The van der Waals surface area contributed by atoms with Crippen LogP contribution in [-0.4, -0.2) is 28.9 Å². The summed E-state index contributed by atoms with van der Waals surface area (Å²) in [5.41, 5.74) is -0.137. The summed E-state index contributed by atoms with van der Waals surface area (Å²) in [6.45, 7) is 2.15. The minimum atomic E-state index is -1.05. The Morgan fingerprint density at radius 2 is 2.27 bits per heavy atom. The lowest BCUT2D eigenvalue weighted by atomic mass is 10.3. The molecular weight excluding hydrogens is 198 g/mol. The molecule has 0 saturated carbocycles. The van der Waals surface area contributed by atoms with E-state index in [9.17, 15) is 9.59 Å². The van der Waals surface area contributed by atoms with Gasteiger partial charge in [0, 0.05) is 19.4 Å². The van der Waals surface area contributed by atoms with E-state index in [-0.39, 0.29) is 17.2 Å². The van der Waals surface area contributed by atoms with Crippen molar-refractivity contribution in [1.29, 1.82) is 0 Å². The third-order valence-corrected chi connectivity index (χ3v) is 2.09. The monoisotopic (exact) mass is 211 g/mol. The highest BCUT2D eigenvalue weighted by Gasteiger charge is 2.07. The summed E-state index contributed by atoms with van der Waals surface area (Å²) in [7, 11) is 1.54. The number of pyridine rings is 1. The van der Waals surface area contributed by atoms with Crippen LogP contribution in [0.1, 0.15) is 17.3 Å². The summed E-state index contributed by atoms with van der Waals surface area (Å²) in [5.74, 6) is -1.05. The molecule has 0 bridgehead atoms. The SMILES string of the molecule is COC(C)Cn1cc(C(=O)O)ccc1=O. The third kappa shape index (κ3) is 2.92. The minimum absolute atomic E-state index is 0.0953. The number of hydrogen-bond donors (Lipinski definition) is 1. The van der Waals surface area contributed by atoms with Crippen LogP contribution < -0.4 is 5.56 Å². The van der Waals surface area contributed by atoms with Gasteiger partial charge in [-0.3, -0.25) is 4.79 Å². The zero-order chi connectivity index (χ0) is 11.4. The fourth-order valence-corrected chi connectivity index (χ4v) is 1.15. The first-order valence-corrected chi connectivity index (χ1v) is 4.51. The maximum atomic E-state index is 11.4. The van der Waals surface area contributed by atoms with Crippen LogP contribution in [0.5, 0.6) is 0 Å². The molecular formula is C10H13NO4. The van der Waals surface area contributed by atoms with Crippen LogP contribution in [0.4, 0.5) is 0 Å². The largest absolute Gasteiger partial charge is 0.478 e. The van der Waals surface area contributed by atoms with Gasteiger partial charge in [-0.1, -0.05) is 0 Å². The normalized spacial score (nSPS) is 12.4. The van der Waals surface area contributed by atoms with Crippen molar-refractivity contribution in [3.8, 4) is 0 Å². The second kappa shape index (κ2) is 4.75. The van der Waals surface area contributed by atoms with Crippen LogP contribution in [0.2, 0.25) is 0 Å². The maximum Gasteiger partial charge on any atom is 0.337 e. The van der Waals surface area contributed by atoms with Crippen LogP contribution >= 0.6 is 0 Å². The van der Waals surface area contributed by atoms with E-state index >= 15 is 0 Å². The fourth-order valence-electron chi connectivity index (χ4n) is 1.15. The van der Waals surface area contributed by atoms with E-state index in [0.717, 1.165) is 0 Å². The zero-order valence-electron chi connectivity index (χ0n) is 8.64. The fraction of sp³-hybridized carbons (Fsp3) is 0.400. The van der Waals surface area contributed by atoms with Gasteiger partial charge in [-0.2, -0.15) is 0 Å². The first kappa shape index (κ1) is 11.5. The van der Waals surface area contributed by atoms with Gasteiger partial charge in [0.2, 0.25) is 0 Å². The molecule has 5 heteroatoms. The highest BCUT2D eigenvalue weighted by Crippen LogP contribution is 1.98. The van der Waals surface area contributed by atoms with E-state index in [2.05, 4.69) is 0 Å². The van der Waals surface area contributed by atoms with Crippen molar-refractivity contribution in [3.63, 3.8) is 0 Å². The molecule has 5 nitrogen and oxygen atoms in total. The molecule has 0 aliphatic heterocycles. The van der Waals surface area contributed by atoms with Crippen molar-refractivity contribution >= 4 is 5.97 Å². The first-order valence-electron chi connectivity index (χ1n) is 4.51. The maximum absolute atomic E-state index is 11.4. The van der Waals surface area contributed by atoms with Gasteiger partial charge >= 0.3 is 5.97 Å². The van der Waals surface area contributed by atoms with Crippen LogP contribution in [-0.2, 0) is 11.3 Å². The standard InChI is InChI=1S/C10H13NO4/c1-7(15-2)5-11-6-8(10(13)14)3-4-9(11)12/h3-4,6-7H,5H2,1-2H3,(H,13,14). The van der Waals surface area contributed by atoms with Crippen LogP contribution in [0, 0.1) is 0 Å². The average Bonchev–Trinajstić information content (AvgIpc) is 2.20. The summed E-state index contributed by atoms with van der Waals surface area (Å²) in [5, 5.41) is 8.74. The Bertz CT molecular complexity index is 410. The molecule has 0 aromatic carbocycles. The van der Waals surface area contributed by atoms with Gasteiger partial charge in [-0.25, -0.2) is 4.79 Å². The summed E-state index contributed by atoms with van der Waals surface area (Å²) in [4.78, 5) is 22.0. The third-order valence-electron chi connectivity index (χ3n) is 2.09. The van der Waals surface area contributed by atoms with Gasteiger partial charge in [0.1, 0.15) is 0 Å². The predicted molar refractivity (Wildman–Crippen MR) is 54.1 cm³/mol. The Hall–Kier alpha value is -1.62. The molecule has 1 unspecified atom stereocenters. The van der Waals surface area contributed by atoms with E-state index in [4.69, 9.17) is 9.84 Å². The minimum Gasteiger partial charge on any atom is -0.478 e. The van der Waals surface area contributed by atoms with E-state index in [1.165, 1.54) is 30.0 Å². The van der Waals surface area contributed by atoms with Crippen molar-refractivity contribution in [2.24, 2.45) is 0 Å². The van der Waals surface area contributed by atoms with Gasteiger partial charge in [-0.15, -0.1) is 0 Å². The van der Waals surface area contributed by atoms with E-state index in [1.54, 1.807) is 6.92 Å². The lowest BCUT2D eigenvalue weighted by Crippen LogP contribution is -2.26. The number of aromatic carboxylic acids is 1. The van der Waals surface area contributed by atoms with E-state index < -0.39 is 5.97 Å². The number of ether oxygens (including phenoxy) is 1. The van der Waals surface area contributed by atoms with Gasteiger partial charge in [0.25, 0.3) is 5.56 Å². The van der Waals surface area contributed by atoms with Crippen molar-refractivity contribution < 1.29 is 14.6 Å². The summed E-state index contributed by atoms with van der Waals surface area (Å²) in [6.07, 6.45) is 1.19. The molecule has 1 heterocycles. The number of rotatable bonds is 4. The number of carboxylic acid groups (broad SMARTS) is 1. The Morgan fingerprint density at radius 3 is 2.80 bits per heavy atom. The molecule has 0 aliphatic rings. The molecule has 82 valence electrons. The van der Waals surface area contributed by atoms with Crippen molar-refractivity contribution in [3.05, 3.63) is 34.2 Å². The predicted octanol–water partition coefficient (Wildman–Crippen LogP) is 0.581. The first-order chi connectivity index (χ1) is 7.04. The van der Waals surface area contributed by atoms with Crippen LogP contribution in [0.25, 0.3) is 0 Å². The van der Waals surface area contributed by atoms with E-state index in [0.29, 0.717) is 6.54 Å². The van der Waals surface area contributed by atoms with Gasteiger partial charge < -0.3 is 14.4 Å². The molecule has 1 rings (SSSR count). The molecule has 0 radical (unpaired) electrons. The number of aromatic nitrogens is 1. The summed E-state index contributed by atoms with van der Waals surface area (Å²) < 4.78 is 6.33. The molecule has 1 N–H and O–H groups in total. The molecule has 0 amide bonds. The lowest BCUT2D eigenvalue weighted by molar-refractivity contribution is 0.0694. The Kier molecular flexibility index (Phi) is 3.62. The number of carbonyl (C=O) groups is 1. The van der Waals surface area contributed by atoms with Crippen molar-refractivity contribution in [2.75, 3.05) is 7.11 Å². The second-order valence-electron chi connectivity index (χ2n) is 3.26.